The summed E-state index contributed by atoms with van der Waals surface area (Å²) in [6.45, 7) is 19.5. The van der Waals surface area contributed by atoms with Crippen molar-refractivity contribution in [1.82, 2.24) is 0 Å². The summed E-state index contributed by atoms with van der Waals surface area (Å²) in [6.07, 6.45) is 0. The fraction of sp³-hybridized carbons (Fsp3) is 0.500. The minimum Gasteiger partial charge on any atom is -0.404 e. The van der Waals surface area contributed by atoms with Crippen LogP contribution in [0.5, 0.6) is 0 Å². The van der Waals surface area contributed by atoms with E-state index >= 15 is 0 Å². The van der Waals surface area contributed by atoms with Crippen molar-refractivity contribution in [3.8, 4) is 0 Å². The molecule has 0 fully saturated rings. The first-order chi connectivity index (χ1) is 9.64. The van der Waals surface area contributed by atoms with E-state index in [-0.39, 0.29) is 23.7 Å². The molecule has 0 atom stereocenters. The summed E-state index contributed by atoms with van der Waals surface area (Å²) < 4.78 is 0. The maximum atomic E-state index is 9.04. The van der Waals surface area contributed by atoms with Gasteiger partial charge in [-0.2, -0.15) is 50.1 Å². The van der Waals surface area contributed by atoms with Crippen LogP contribution in [0.25, 0.3) is 0 Å². The van der Waals surface area contributed by atoms with Crippen LogP contribution in [0.1, 0.15) is 55.6 Å². The summed E-state index contributed by atoms with van der Waals surface area (Å²) >= 11 is 0. The van der Waals surface area contributed by atoms with Crippen molar-refractivity contribution in [3.63, 3.8) is 0 Å². The van der Waals surface area contributed by atoms with Gasteiger partial charge in [0.2, 0.25) is 0 Å². The molecule has 0 aromatic heterocycles. The van der Waals surface area contributed by atoms with E-state index in [1.165, 1.54) is 50.1 Å². The van der Waals surface area contributed by atoms with Gasteiger partial charge in [0.15, 0.2) is 0 Å². The predicted molar refractivity (Wildman–Crippen MR) is 92.6 cm³/mol. The SMILES string of the molecule is Cc1c(C)c(C)[c-](C)c1C.Cc1c(C)c(C)[c-](CO)c1C.[Fe+2]. The van der Waals surface area contributed by atoms with E-state index in [4.69, 9.17) is 5.11 Å². The summed E-state index contributed by atoms with van der Waals surface area (Å²) in [5.74, 6) is 0. The first-order valence-electron chi connectivity index (χ1n) is 7.67. The van der Waals surface area contributed by atoms with Crippen molar-refractivity contribution < 1.29 is 22.2 Å². The van der Waals surface area contributed by atoms with Crippen LogP contribution >= 0.6 is 0 Å². The van der Waals surface area contributed by atoms with Crippen molar-refractivity contribution in [2.45, 2.75) is 68.9 Å². The third-order valence-corrected chi connectivity index (χ3v) is 5.56. The van der Waals surface area contributed by atoms with Crippen LogP contribution in [-0.4, -0.2) is 5.11 Å². The van der Waals surface area contributed by atoms with Gasteiger partial charge in [0, 0.05) is 6.61 Å². The molecular weight excluding hydrogens is 312 g/mol. The Labute approximate surface area is 147 Å². The van der Waals surface area contributed by atoms with Crippen molar-refractivity contribution in [2.75, 3.05) is 0 Å². The zero-order chi connectivity index (χ0) is 16.5. The number of aliphatic hydroxyl groups excluding tert-OH is 1. The molecule has 0 unspecified atom stereocenters. The minimum absolute atomic E-state index is 0. The van der Waals surface area contributed by atoms with Crippen LogP contribution in [0.4, 0.5) is 0 Å². The normalized spacial score (nSPS) is 10.1. The Balaban J connectivity index is 0.000000385. The predicted octanol–water partition coefficient (Wildman–Crippen LogP) is 5.08. The Hall–Kier alpha value is -0.821. The molecule has 0 bridgehead atoms. The Morgan fingerprint density at radius 3 is 1.05 bits per heavy atom. The molecule has 0 amide bonds. The van der Waals surface area contributed by atoms with Crippen molar-refractivity contribution >= 4 is 0 Å². The molecule has 2 heteroatoms. The maximum Gasteiger partial charge on any atom is 2.00 e. The third kappa shape index (κ3) is 3.74. The number of rotatable bonds is 1. The number of hydrogen-bond donors (Lipinski definition) is 1. The number of hydrogen-bond acceptors (Lipinski definition) is 1. The molecule has 2 rings (SSSR count). The van der Waals surface area contributed by atoms with E-state index in [9.17, 15) is 0 Å². The van der Waals surface area contributed by atoms with Gasteiger partial charge in [-0.3, -0.25) is 0 Å². The Kier molecular flexibility index (Phi) is 7.85. The second-order valence-electron chi connectivity index (χ2n) is 6.26. The fourth-order valence-electron chi connectivity index (χ4n) is 2.94. The fourth-order valence-corrected chi connectivity index (χ4v) is 2.94. The van der Waals surface area contributed by atoms with Crippen LogP contribution in [0.15, 0.2) is 0 Å². The van der Waals surface area contributed by atoms with Gasteiger partial charge in [-0.05, 0) is 0 Å². The molecule has 22 heavy (non-hydrogen) atoms. The maximum absolute atomic E-state index is 9.04. The van der Waals surface area contributed by atoms with Gasteiger partial charge in [0.1, 0.15) is 0 Å². The van der Waals surface area contributed by atoms with Gasteiger partial charge in [-0.15, -0.1) is 5.56 Å². The summed E-state index contributed by atoms with van der Waals surface area (Å²) in [6, 6.07) is 0. The van der Waals surface area contributed by atoms with Crippen LogP contribution < -0.4 is 0 Å². The van der Waals surface area contributed by atoms with E-state index in [1.54, 1.807) is 0 Å². The van der Waals surface area contributed by atoms with Crippen LogP contribution in [0.2, 0.25) is 0 Å². The van der Waals surface area contributed by atoms with Crippen molar-refractivity contribution in [3.05, 3.63) is 55.6 Å². The van der Waals surface area contributed by atoms with Gasteiger partial charge in [-0.25, -0.2) is 0 Å². The first kappa shape index (κ1) is 21.2. The number of aliphatic hydroxyl groups is 1. The molecule has 0 aliphatic carbocycles. The quantitative estimate of drug-likeness (QED) is 0.566. The summed E-state index contributed by atoms with van der Waals surface area (Å²) in [4.78, 5) is 0. The Morgan fingerprint density at radius 2 is 0.909 bits per heavy atom. The molecule has 124 valence electrons. The monoisotopic (exact) mass is 342 g/mol. The average Bonchev–Trinajstić information content (AvgIpc) is 2.76. The minimum atomic E-state index is 0. The van der Waals surface area contributed by atoms with Crippen LogP contribution in [-0.2, 0) is 23.7 Å². The topological polar surface area (TPSA) is 20.2 Å². The van der Waals surface area contributed by atoms with Gasteiger partial charge < -0.3 is 5.11 Å². The molecule has 0 spiro atoms. The van der Waals surface area contributed by atoms with Crippen LogP contribution in [0, 0.1) is 62.3 Å². The largest absolute Gasteiger partial charge is 2.00 e. The van der Waals surface area contributed by atoms with E-state index in [0.29, 0.717) is 0 Å². The molecule has 1 N–H and O–H groups in total. The molecule has 0 radical (unpaired) electrons. The van der Waals surface area contributed by atoms with E-state index in [0.717, 1.165) is 5.56 Å². The molecule has 0 saturated carbocycles. The van der Waals surface area contributed by atoms with Gasteiger partial charge >= 0.3 is 17.1 Å². The van der Waals surface area contributed by atoms with Crippen molar-refractivity contribution in [1.29, 1.82) is 0 Å². The first-order valence-corrected chi connectivity index (χ1v) is 7.67. The Bertz CT molecular complexity index is 536. The summed E-state index contributed by atoms with van der Waals surface area (Å²) in [5, 5.41) is 9.04. The molecule has 0 aliphatic rings. The Morgan fingerprint density at radius 1 is 0.636 bits per heavy atom. The molecule has 0 heterocycles. The molecular formula is C20H30FeO. The standard InChI is InChI=1S/C10H15O.C10H15.Fe/c1-6-7(2)9(4)10(5-11)8(6)3;1-6-7(2)9(4)10(5)8(6)3;/h11H,5H2,1-4H3;1-5H3;/q2*-1;+2. The zero-order valence-electron chi connectivity index (χ0n) is 15.5. The molecule has 2 aromatic carbocycles. The summed E-state index contributed by atoms with van der Waals surface area (Å²) in [5.41, 5.74) is 13.6. The van der Waals surface area contributed by atoms with Crippen LogP contribution in [0.3, 0.4) is 0 Å². The van der Waals surface area contributed by atoms with Gasteiger partial charge in [0.25, 0.3) is 0 Å². The zero-order valence-corrected chi connectivity index (χ0v) is 16.6. The second-order valence-corrected chi connectivity index (χ2v) is 6.26. The van der Waals surface area contributed by atoms with Gasteiger partial charge in [-0.1, -0.05) is 62.3 Å². The smallest absolute Gasteiger partial charge is 0.404 e. The van der Waals surface area contributed by atoms with E-state index < -0.39 is 0 Å². The third-order valence-electron chi connectivity index (χ3n) is 5.56. The van der Waals surface area contributed by atoms with Gasteiger partial charge in [0.05, 0.1) is 0 Å². The van der Waals surface area contributed by atoms with Crippen molar-refractivity contribution in [2.24, 2.45) is 0 Å². The molecule has 0 saturated heterocycles. The summed E-state index contributed by atoms with van der Waals surface area (Å²) in [7, 11) is 0. The molecule has 2 aromatic rings. The van der Waals surface area contributed by atoms with E-state index in [1.807, 2.05) is 0 Å². The second kappa shape index (κ2) is 8.15. The molecule has 1 nitrogen and oxygen atoms in total. The van der Waals surface area contributed by atoms with E-state index in [2.05, 4.69) is 62.3 Å². The average molecular weight is 342 g/mol. The molecule has 0 aliphatic heterocycles.